The van der Waals surface area contributed by atoms with Crippen LogP contribution in [0.1, 0.15) is 43.1 Å². The van der Waals surface area contributed by atoms with E-state index in [2.05, 4.69) is 27.3 Å². The third-order valence-electron chi connectivity index (χ3n) is 3.64. The van der Waals surface area contributed by atoms with Gasteiger partial charge in [0.15, 0.2) is 5.70 Å². The van der Waals surface area contributed by atoms with Gasteiger partial charge < -0.3 is 15.5 Å². The fourth-order valence-electron chi connectivity index (χ4n) is 2.12. The van der Waals surface area contributed by atoms with Crippen LogP contribution in [0.4, 0.5) is 5.69 Å². The second kappa shape index (κ2) is 11.0. The molecule has 0 saturated heterocycles. The Balaban J connectivity index is 2.94. The minimum Gasteiger partial charge on any atom is -0.510 e. The highest BCUT2D eigenvalue weighted by atomic mass is 32.2. The molecule has 0 aliphatic heterocycles. The molecule has 0 unspecified atom stereocenters. The van der Waals surface area contributed by atoms with Gasteiger partial charge >= 0.3 is 5.97 Å². The van der Waals surface area contributed by atoms with Crippen molar-refractivity contribution in [3.63, 3.8) is 0 Å². The molecule has 0 saturated carbocycles. The van der Waals surface area contributed by atoms with Crippen molar-refractivity contribution >= 4 is 36.0 Å². The summed E-state index contributed by atoms with van der Waals surface area (Å²) in [6.45, 7) is 10.3. The Kier molecular flexibility index (Phi) is 9.10. The van der Waals surface area contributed by atoms with Crippen molar-refractivity contribution in [3.8, 4) is 0 Å². The van der Waals surface area contributed by atoms with Crippen LogP contribution in [-0.4, -0.2) is 34.7 Å². The molecule has 0 bridgehead atoms. The number of allylic oxidation sites excluding steroid dienone is 3. The van der Waals surface area contributed by atoms with Crippen molar-refractivity contribution in [2.45, 2.75) is 34.1 Å². The van der Waals surface area contributed by atoms with Crippen molar-refractivity contribution in [2.75, 3.05) is 5.88 Å². The number of rotatable bonds is 9. The number of azo groups is 1. The van der Waals surface area contributed by atoms with Crippen molar-refractivity contribution in [2.24, 2.45) is 15.2 Å². The van der Waals surface area contributed by atoms with E-state index in [-0.39, 0.29) is 28.6 Å². The Morgan fingerprint density at radius 3 is 2.46 bits per heavy atom. The molecule has 0 fully saturated rings. The monoisotopic (exact) mass is 404 g/mol. The molecule has 9 heteroatoms. The number of hydrogen-bond donors (Lipinski definition) is 3. The molecular weight excluding hydrogens is 380 g/mol. The first-order chi connectivity index (χ1) is 13.2. The predicted molar refractivity (Wildman–Crippen MR) is 111 cm³/mol. The predicted octanol–water partition coefficient (Wildman–Crippen LogP) is 4.72. The molecule has 1 aromatic carbocycles. The van der Waals surface area contributed by atoms with Crippen molar-refractivity contribution < 1.29 is 19.8 Å². The van der Waals surface area contributed by atoms with Gasteiger partial charge in [-0.05, 0) is 46.0 Å². The summed E-state index contributed by atoms with van der Waals surface area (Å²) in [7, 11) is 0. The number of aliphatic hydroxyl groups excluding tert-OH is 1. The maximum Gasteiger partial charge on any atom is 0.337 e. The van der Waals surface area contributed by atoms with Gasteiger partial charge in [-0.1, -0.05) is 18.6 Å². The lowest BCUT2D eigenvalue weighted by molar-refractivity contribution is -0.117. The number of carboxylic acids is 1. The summed E-state index contributed by atoms with van der Waals surface area (Å²) in [5.41, 5.74) is 1.29. The number of aryl methyl sites for hydroxylation is 1. The van der Waals surface area contributed by atoms with Crippen LogP contribution in [0, 0.1) is 6.92 Å². The van der Waals surface area contributed by atoms with Crippen LogP contribution in [0.15, 0.2) is 55.5 Å². The number of nitrogens with zero attached hydrogens (tertiary/aromatic N) is 3. The molecule has 0 spiro atoms. The van der Waals surface area contributed by atoms with Crippen LogP contribution in [-0.2, 0) is 4.79 Å². The maximum absolute atomic E-state index is 12.3. The molecule has 150 valence electrons. The quantitative estimate of drug-likeness (QED) is 0.181. The summed E-state index contributed by atoms with van der Waals surface area (Å²) in [4.78, 5) is 28.5. The molecular formula is C19H24N4O4S. The zero-order valence-corrected chi connectivity index (χ0v) is 17.1. The Labute approximate surface area is 168 Å². The molecule has 1 rings (SSSR count). The summed E-state index contributed by atoms with van der Waals surface area (Å²) in [6.07, 6.45) is 0.748. The Bertz CT molecular complexity index is 855. The molecule has 1 amide bonds. The zero-order chi connectivity index (χ0) is 21.3. The van der Waals surface area contributed by atoms with E-state index in [0.717, 1.165) is 22.6 Å². The number of nitrogens with one attached hydrogen (secondary N) is 1. The number of hydrogen-bond acceptors (Lipinski definition) is 7. The number of carboxylic acid groups (broad SMARTS) is 1. The fourth-order valence-corrected chi connectivity index (χ4v) is 2.97. The van der Waals surface area contributed by atoms with Gasteiger partial charge in [0.25, 0.3) is 5.91 Å². The standard InChI is InChI=1S/C19H24N4O4S/c1-6-16(12(3)20-5)28-10-21-18(25)17(13(4)24)23-22-15-8-7-11(2)9-14(15)19(26)27/h7-9,24H,5-6,10H2,1-4H3,(H,21,25)(H,26,27)/b16-12-,17-13?,23-22?. The fraction of sp³-hybridized carbons (Fsp3) is 0.316. The van der Waals surface area contributed by atoms with Crippen molar-refractivity contribution in [3.05, 3.63) is 51.4 Å². The SMILES string of the molecule is C=N/C(C)=C(/CC)SCNC(=O)C(N=Nc1ccc(C)cc1C(=O)O)=C(C)O. The van der Waals surface area contributed by atoms with Gasteiger partial charge in [-0.3, -0.25) is 9.79 Å². The highest BCUT2D eigenvalue weighted by Crippen LogP contribution is 2.24. The number of aliphatic hydroxyl groups is 1. The topological polar surface area (TPSA) is 124 Å². The van der Waals surface area contributed by atoms with Crippen LogP contribution < -0.4 is 5.32 Å². The number of thioether (sulfide) groups is 1. The van der Waals surface area contributed by atoms with Crippen LogP contribution in [0.3, 0.4) is 0 Å². The van der Waals surface area contributed by atoms with Crippen LogP contribution in [0.25, 0.3) is 0 Å². The number of aromatic carboxylic acids is 1. The third kappa shape index (κ3) is 6.66. The van der Waals surface area contributed by atoms with E-state index in [4.69, 9.17) is 0 Å². The molecule has 8 nitrogen and oxygen atoms in total. The van der Waals surface area contributed by atoms with E-state index in [1.807, 2.05) is 13.8 Å². The lowest BCUT2D eigenvalue weighted by Crippen LogP contribution is -2.24. The number of benzene rings is 1. The van der Waals surface area contributed by atoms with Crippen LogP contribution in [0.2, 0.25) is 0 Å². The average Bonchev–Trinajstić information content (AvgIpc) is 2.65. The Morgan fingerprint density at radius 2 is 1.93 bits per heavy atom. The molecule has 0 aliphatic rings. The van der Waals surface area contributed by atoms with Crippen molar-refractivity contribution in [1.82, 2.24) is 5.32 Å². The molecule has 1 aromatic rings. The van der Waals surface area contributed by atoms with Crippen molar-refractivity contribution in [1.29, 1.82) is 0 Å². The maximum atomic E-state index is 12.3. The summed E-state index contributed by atoms with van der Waals surface area (Å²) in [5.74, 6) is -1.87. The second-order valence-electron chi connectivity index (χ2n) is 5.77. The van der Waals surface area contributed by atoms with Gasteiger partial charge in [0.2, 0.25) is 0 Å². The normalized spacial score (nSPS) is 13.0. The lowest BCUT2D eigenvalue weighted by Gasteiger charge is -2.09. The second-order valence-corrected chi connectivity index (χ2v) is 6.84. The van der Waals surface area contributed by atoms with E-state index in [1.54, 1.807) is 13.0 Å². The lowest BCUT2D eigenvalue weighted by atomic mass is 10.1. The van der Waals surface area contributed by atoms with E-state index in [1.165, 1.54) is 30.8 Å². The van der Waals surface area contributed by atoms with Crippen LogP contribution in [0.5, 0.6) is 0 Å². The number of carbonyl (C=O) groups excluding carboxylic acids is 1. The zero-order valence-electron chi connectivity index (χ0n) is 16.3. The first-order valence-electron chi connectivity index (χ1n) is 8.44. The first kappa shape index (κ1) is 23.1. The summed E-state index contributed by atoms with van der Waals surface area (Å²) < 4.78 is 0. The van der Waals surface area contributed by atoms with E-state index < -0.39 is 11.9 Å². The molecule has 0 aromatic heterocycles. The Morgan fingerprint density at radius 1 is 1.25 bits per heavy atom. The van der Waals surface area contributed by atoms with Gasteiger partial charge in [-0.15, -0.1) is 22.0 Å². The molecule has 0 heterocycles. The summed E-state index contributed by atoms with van der Waals surface area (Å²) >= 11 is 1.39. The molecule has 0 aliphatic carbocycles. The minimum atomic E-state index is -1.16. The van der Waals surface area contributed by atoms with Gasteiger partial charge in [0, 0.05) is 10.6 Å². The van der Waals surface area contributed by atoms with Crippen LogP contribution >= 0.6 is 11.8 Å². The molecule has 0 radical (unpaired) electrons. The number of carbonyl (C=O) groups is 2. The Hall–Kier alpha value is -2.94. The molecule has 0 atom stereocenters. The third-order valence-corrected chi connectivity index (χ3v) is 4.86. The van der Waals surface area contributed by atoms with E-state index in [9.17, 15) is 19.8 Å². The summed E-state index contributed by atoms with van der Waals surface area (Å²) in [5, 5.41) is 29.3. The average molecular weight is 404 g/mol. The largest absolute Gasteiger partial charge is 0.510 e. The minimum absolute atomic E-state index is 0.0419. The first-order valence-corrected chi connectivity index (χ1v) is 9.42. The number of amides is 1. The summed E-state index contributed by atoms with van der Waals surface area (Å²) in [6, 6.07) is 4.63. The number of aliphatic imine (C=N–C) groups is 1. The van der Waals surface area contributed by atoms with Gasteiger partial charge in [-0.25, -0.2) is 4.79 Å². The highest BCUT2D eigenvalue weighted by Gasteiger charge is 2.15. The molecule has 28 heavy (non-hydrogen) atoms. The molecule has 3 N–H and O–H groups in total. The smallest absolute Gasteiger partial charge is 0.337 e. The van der Waals surface area contributed by atoms with E-state index >= 15 is 0 Å². The highest BCUT2D eigenvalue weighted by molar-refractivity contribution is 8.03. The van der Waals surface area contributed by atoms with Gasteiger partial charge in [-0.2, -0.15) is 0 Å². The van der Waals surface area contributed by atoms with E-state index in [0.29, 0.717) is 0 Å². The van der Waals surface area contributed by atoms with Gasteiger partial charge in [0.1, 0.15) is 11.4 Å². The van der Waals surface area contributed by atoms with Gasteiger partial charge in [0.05, 0.1) is 11.4 Å².